The van der Waals surface area contributed by atoms with Gasteiger partial charge in [-0.2, -0.15) is 0 Å². The maximum absolute atomic E-state index is 12.5. The van der Waals surface area contributed by atoms with Crippen LogP contribution in [0.4, 0.5) is 0 Å². The molecule has 6 atom stereocenters. The van der Waals surface area contributed by atoms with Gasteiger partial charge in [0.05, 0.1) is 27.8 Å². The Morgan fingerprint density at radius 2 is 0.953 bits per heavy atom. The minimum Gasteiger partial charge on any atom is -0.462 e. The van der Waals surface area contributed by atoms with Crippen LogP contribution in [0.25, 0.3) is 0 Å². The molecule has 2 aliphatic heterocycles. The lowest BCUT2D eigenvalue weighted by molar-refractivity contribution is -0.225. The van der Waals surface area contributed by atoms with Gasteiger partial charge >= 0.3 is 23.9 Å². The van der Waals surface area contributed by atoms with E-state index in [0.29, 0.717) is 48.9 Å². The molecule has 12 aliphatic rings. The maximum Gasteiger partial charge on any atom is 0.312 e. The summed E-state index contributed by atoms with van der Waals surface area (Å²) in [4.78, 5) is 49.3. The van der Waals surface area contributed by atoms with Gasteiger partial charge in [-0.25, -0.2) is 0 Å². The highest BCUT2D eigenvalue weighted by Gasteiger charge is 2.61. The maximum atomic E-state index is 12.5. The molecule has 64 heavy (non-hydrogen) atoms. The monoisotopic (exact) mass is 907 g/mol. The molecule has 10 saturated carbocycles. The normalized spacial score (nSPS) is 38.7. The number of rotatable bonds is 9. The van der Waals surface area contributed by atoms with Crippen molar-refractivity contribution in [1.82, 2.24) is 0 Å². The van der Waals surface area contributed by atoms with E-state index in [2.05, 4.69) is 13.8 Å². The number of carbonyl (C=O) groups is 4. The van der Waals surface area contributed by atoms with Crippen molar-refractivity contribution in [1.29, 1.82) is 0 Å². The lowest BCUT2D eigenvalue weighted by Gasteiger charge is -2.59. The third-order valence-electron chi connectivity index (χ3n) is 17.7. The van der Waals surface area contributed by atoms with E-state index in [1.54, 1.807) is 0 Å². The number of ether oxygens (including phenoxy) is 4. The molecule has 1 N–H and O–H groups in total. The van der Waals surface area contributed by atoms with Crippen molar-refractivity contribution in [3.63, 3.8) is 0 Å². The Morgan fingerprint density at radius 3 is 1.39 bits per heavy atom. The molecule has 0 amide bonds. The molecule has 2 heterocycles. The summed E-state index contributed by atoms with van der Waals surface area (Å²) in [6, 6.07) is 0. The molecule has 10 aliphatic carbocycles. The first-order valence-corrected chi connectivity index (χ1v) is 23.6. The van der Waals surface area contributed by atoms with Crippen LogP contribution in [0.15, 0.2) is 0 Å². The number of hydrogen-bond acceptors (Lipinski definition) is 9. The second-order valence-corrected chi connectivity index (χ2v) is 23.6. The van der Waals surface area contributed by atoms with E-state index in [4.69, 9.17) is 18.9 Å². The fourth-order valence-electron chi connectivity index (χ4n) is 13.5. The summed E-state index contributed by atoms with van der Waals surface area (Å²) in [7, 11) is 0. The highest BCUT2D eigenvalue weighted by atomic mass is 16.6. The molecular weight excluding hydrogens is 805 g/mol. The van der Waals surface area contributed by atoms with Gasteiger partial charge in [-0.1, -0.05) is 65.3 Å². The summed E-state index contributed by atoms with van der Waals surface area (Å²) in [5.41, 5.74) is -2.74. The molecule has 12 bridgehead atoms. The topological polar surface area (TPSA) is 125 Å². The van der Waals surface area contributed by atoms with Gasteiger partial charge < -0.3 is 24.1 Å². The summed E-state index contributed by atoms with van der Waals surface area (Å²) in [5.74, 6) is 4.34. The first-order chi connectivity index (χ1) is 26.9. The fraction of sp³-hybridized carbons (Fsp3) is 0.927. The number of esters is 4. The summed E-state index contributed by atoms with van der Waals surface area (Å²) < 4.78 is 23.6. The van der Waals surface area contributed by atoms with Crippen LogP contribution in [0.2, 0.25) is 0 Å². The predicted octanol–water partition coefficient (Wildman–Crippen LogP) is 13.9. The highest BCUT2D eigenvalue weighted by Crippen LogP contribution is 2.61. The van der Waals surface area contributed by atoms with Gasteiger partial charge in [-0.3, -0.25) is 19.2 Å². The Kier molecular flexibility index (Phi) is 19.6. The summed E-state index contributed by atoms with van der Waals surface area (Å²) in [6.07, 6.45) is 18.7. The van der Waals surface area contributed by atoms with Crippen molar-refractivity contribution < 1.29 is 43.2 Å². The van der Waals surface area contributed by atoms with Crippen molar-refractivity contribution in [3.05, 3.63) is 0 Å². The van der Waals surface area contributed by atoms with Crippen LogP contribution in [0.5, 0.6) is 0 Å². The lowest BCUT2D eigenvalue weighted by Crippen LogP contribution is -2.61. The lowest BCUT2D eigenvalue weighted by atomic mass is 9.50. The first-order valence-electron chi connectivity index (χ1n) is 23.6. The van der Waals surface area contributed by atoms with E-state index in [-0.39, 0.29) is 97.1 Å². The summed E-state index contributed by atoms with van der Waals surface area (Å²) in [5, 5.41) is 10.6. The van der Waals surface area contributed by atoms with Gasteiger partial charge in [-0.05, 0) is 193 Å². The standard InChI is InChI=1S/C17H28O2.C16H24O4.C16H26O3.6CH4/c1-5-16(2,3)15(18)19-17(4)13-7-11-6-12(9-13)10-14(17)8-11;1-4-15(2,3)14(18)20-16-7-10-5-11(8-16)13(17)19-12(6-10)9-16;1-4-14(2,3)13(17)19-16-8-11-5-12(9-16)7-15(18,6-11)10-16;;;;;;/h11-14H,5-10H2,1-4H3;10-12H,4-9H2,1-3H3;11-12,18H,4-10H2,1-3H3;6*1H4. The minimum atomic E-state index is -0.555. The Bertz CT molecular complexity index is 1550. The largest absolute Gasteiger partial charge is 0.462 e. The van der Waals surface area contributed by atoms with Gasteiger partial charge in [-0.15, -0.1) is 0 Å². The van der Waals surface area contributed by atoms with Crippen LogP contribution >= 0.6 is 0 Å². The molecular formula is C55H102O9. The Hall–Kier alpha value is -2.16. The van der Waals surface area contributed by atoms with Gasteiger partial charge in [0.25, 0.3) is 0 Å². The van der Waals surface area contributed by atoms with Crippen molar-refractivity contribution in [2.24, 2.45) is 63.6 Å². The number of hydrogen-bond donors (Lipinski definition) is 1. The molecule has 0 aromatic carbocycles. The molecule has 12 rings (SSSR count). The van der Waals surface area contributed by atoms with Crippen LogP contribution in [0.3, 0.4) is 0 Å². The third kappa shape index (κ3) is 11.7. The fourth-order valence-corrected chi connectivity index (χ4v) is 13.5. The average Bonchev–Trinajstić information content (AvgIpc) is 3.28. The summed E-state index contributed by atoms with van der Waals surface area (Å²) in [6.45, 7) is 20.1. The van der Waals surface area contributed by atoms with Crippen LogP contribution < -0.4 is 0 Å². The van der Waals surface area contributed by atoms with Crippen molar-refractivity contribution in [2.75, 3.05) is 0 Å². The van der Waals surface area contributed by atoms with Crippen LogP contribution in [-0.2, 0) is 38.1 Å². The van der Waals surface area contributed by atoms with Crippen LogP contribution in [0, 0.1) is 63.6 Å². The average molecular weight is 907 g/mol. The molecule has 9 nitrogen and oxygen atoms in total. The zero-order valence-corrected chi connectivity index (χ0v) is 37.8. The van der Waals surface area contributed by atoms with Crippen molar-refractivity contribution in [3.8, 4) is 0 Å². The minimum absolute atomic E-state index is 0. The van der Waals surface area contributed by atoms with Gasteiger partial charge in [0.15, 0.2) is 0 Å². The zero-order chi connectivity index (χ0) is 42.3. The third-order valence-corrected chi connectivity index (χ3v) is 17.7. The summed E-state index contributed by atoms with van der Waals surface area (Å²) >= 11 is 0. The van der Waals surface area contributed by atoms with Crippen LogP contribution in [0.1, 0.15) is 236 Å². The van der Waals surface area contributed by atoms with E-state index < -0.39 is 22.0 Å². The van der Waals surface area contributed by atoms with E-state index in [1.807, 2.05) is 55.4 Å². The predicted molar refractivity (Wildman–Crippen MR) is 261 cm³/mol. The smallest absolute Gasteiger partial charge is 0.312 e. The van der Waals surface area contributed by atoms with Gasteiger partial charge in [0.2, 0.25) is 0 Å². The highest BCUT2D eigenvalue weighted by molar-refractivity contribution is 5.78. The number of fused-ring (bicyclic) bond motifs is 1. The molecule has 0 aromatic rings. The number of carbonyl (C=O) groups excluding carboxylic acids is 4. The molecule has 0 aromatic heterocycles. The molecule has 9 heteroatoms. The van der Waals surface area contributed by atoms with Crippen molar-refractivity contribution in [2.45, 2.75) is 264 Å². The second kappa shape index (κ2) is 21.0. The Morgan fingerprint density at radius 1 is 0.547 bits per heavy atom. The van der Waals surface area contributed by atoms with E-state index in [1.165, 1.54) is 38.5 Å². The zero-order valence-electron chi connectivity index (χ0n) is 37.8. The first kappa shape index (κ1) is 59.9. The molecule has 6 unspecified atom stereocenters. The molecule has 2 saturated heterocycles. The Balaban J connectivity index is 0.000000459. The van der Waals surface area contributed by atoms with E-state index >= 15 is 0 Å². The van der Waals surface area contributed by atoms with Crippen LogP contribution in [-0.4, -0.2) is 57.5 Å². The van der Waals surface area contributed by atoms with Gasteiger partial charge in [0, 0.05) is 19.3 Å². The molecule has 376 valence electrons. The Labute approximate surface area is 393 Å². The molecule has 0 spiro atoms. The quantitative estimate of drug-likeness (QED) is 0.178. The van der Waals surface area contributed by atoms with Gasteiger partial charge in [0.1, 0.15) is 22.9 Å². The van der Waals surface area contributed by atoms with Crippen molar-refractivity contribution >= 4 is 23.9 Å². The van der Waals surface area contributed by atoms with E-state index in [9.17, 15) is 24.3 Å². The van der Waals surface area contributed by atoms with E-state index in [0.717, 1.165) is 76.0 Å². The molecule has 12 fully saturated rings. The SMILES string of the molecule is C.C.C.C.C.C.CCC(C)(C)C(=O)OC1(C)C2CC3CC(C2)CC1C3.CCC(C)(C)C(=O)OC12CC3CC(C1)OC(=O)C(C3)C2.CCC(C)(C)C(=O)OC12CC3CC(CC(O)(C3)C1)C2. The second-order valence-electron chi connectivity index (χ2n) is 23.6. The number of aliphatic hydroxyl groups is 1. The molecule has 0 radical (unpaired) electrons.